The van der Waals surface area contributed by atoms with Crippen molar-refractivity contribution in [1.29, 1.82) is 0 Å². The molecule has 1 amide bonds. The second-order valence-corrected chi connectivity index (χ2v) is 5.14. The average Bonchev–Trinajstić information content (AvgIpc) is 3.00. The van der Waals surface area contributed by atoms with Crippen LogP contribution in [-0.2, 0) is 11.8 Å². The van der Waals surface area contributed by atoms with Crippen molar-refractivity contribution >= 4 is 22.7 Å². The van der Waals surface area contributed by atoms with Gasteiger partial charge in [0.1, 0.15) is 6.10 Å². The van der Waals surface area contributed by atoms with Gasteiger partial charge < -0.3 is 9.30 Å². The number of ether oxygens (including phenoxy) is 1. The van der Waals surface area contributed by atoms with Crippen LogP contribution in [0.15, 0.2) is 30.5 Å². The first-order valence-electron chi connectivity index (χ1n) is 6.75. The zero-order valence-electron chi connectivity index (χ0n) is 11.1. The van der Waals surface area contributed by atoms with Crippen LogP contribution >= 0.6 is 0 Å². The fourth-order valence-corrected chi connectivity index (χ4v) is 2.66. The van der Waals surface area contributed by atoms with Gasteiger partial charge in [-0.3, -0.25) is 5.32 Å². The molecule has 2 aromatic rings. The van der Waals surface area contributed by atoms with Crippen LogP contribution in [0.5, 0.6) is 0 Å². The van der Waals surface area contributed by atoms with Gasteiger partial charge in [0.2, 0.25) is 0 Å². The van der Waals surface area contributed by atoms with Gasteiger partial charge >= 0.3 is 6.09 Å². The standard InChI is InChI=1S/C15H18N2O2/c1-17-9-8-11-10-12(6-7-14(11)17)16-15(18)19-13-4-2-3-5-13/h6-10,13H,2-5H2,1H3,(H,16,18). The molecule has 4 heteroatoms. The monoisotopic (exact) mass is 258 g/mol. The van der Waals surface area contributed by atoms with Crippen molar-refractivity contribution in [2.24, 2.45) is 7.05 Å². The second kappa shape index (κ2) is 4.96. The van der Waals surface area contributed by atoms with Crippen LogP contribution < -0.4 is 5.32 Å². The molecule has 0 radical (unpaired) electrons. The highest BCUT2D eigenvalue weighted by Crippen LogP contribution is 2.23. The van der Waals surface area contributed by atoms with E-state index in [0.29, 0.717) is 0 Å². The lowest BCUT2D eigenvalue weighted by atomic mass is 10.2. The lowest BCUT2D eigenvalue weighted by molar-refractivity contribution is 0.114. The van der Waals surface area contributed by atoms with Crippen LogP contribution in [0.1, 0.15) is 25.7 Å². The minimum absolute atomic E-state index is 0.0976. The van der Waals surface area contributed by atoms with Crippen molar-refractivity contribution in [3.05, 3.63) is 30.5 Å². The molecule has 19 heavy (non-hydrogen) atoms. The van der Waals surface area contributed by atoms with Crippen molar-refractivity contribution in [2.75, 3.05) is 5.32 Å². The van der Waals surface area contributed by atoms with Gasteiger partial charge in [-0.05, 0) is 49.9 Å². The Balaban J connectivity index is 1.68. The number of carbonyl (C=O) groups is 1. The Labute approximate surface area is 112 Å². The minimum Gasteiger partial charge on any atom is -0.446 e. The van der Waals surface area contributed by atoms with Gasteiger partial charge in [0.15, 0.2) is 0 Å². The number of carbonyl (C=O) groups excluding carboxylic acids is 1. The summed E-state index contributed by atoms with van der Waals surface area (Å²) in [5, 5.41) is 3.91. The summed E-state index contributed by atoms with van der Waals surface area (Å²) in [5.74, 6) is 0. The Hall–Kier alpha value is -1.97. The molecule has 1 heterocycles. The molecule has 1 saturated carbocycles. The second-order valence-electron chi connectivity index (χ2n) is 5.14. The third-order valence-electron chi connectivity index (χ3n) is 3.71. The summed E-state index contributed by atoms with van der Waals surface area (Å²) >= 11 is 0. The topological polar surface area (TPSA) is 43.3 Å². The maximum absolute atomic E-state index is 11.8. The van der Waals surface area contributed by atoms with Crippen molar-refractivity contribution in [2.45, 2.75) is 31.8 Å². The van der Waals surface area contributed by atoms with Crippen LogP contribution in [0.4, 0.5) is 10.5 Å². The molecule has 0 unspecified atom stereocenters. The van der Waals surface area contributed by atoms with Crippen LogP contribution in [0.3, 0.4) is 0 Å². The highest BCUT2D eigenvalue weighted by molar-refractivity contribution is 5.90. The molecule has 1 aromatic carbocycles. The van der Waals surface area contributed by atoms with E-state index < -0.39 is 0 Å². The van der Waals surface area contributed by atoms with Crippen LogP contribution in [0.25, 0.3) is 10.9 Å². The summed E-state index contributed by atoms with van der Waals surface area (Å²) < 4.78 is 7.43. The number of hydrogen-bond donors (Lipinski definition) is 1. The molecule has 100 valence electrons. The third-order valence-corrected chi connectivity index (χ3v) is 3.71. The normalized spacial score (nSPS) is 15.8. The minimum atomic E-state index is -0.345. The molecule has 1 N–H and O–H groups in total. The Morgan fingerprint density at radius 1 is 1.32 bits per heavy atom. The highest BCUT2D eigenvalue weighted by Gasteiger charge is 2.19. The van der Waals surface area contributed by atoms with E-state index >= 15 is 0 Å². The summed E-state index contributed by atoms with van der Waals surface area (Å²) in [6, 6.07) is 7.90. The van der Waals surface area contributed by atoms with Crippen molar-refractivity contribution in [3.8, 4) is 0 Å². The van der Waals surface area contributed by atoms with E-state index in [9.17, 15) is 4.79 Å². The molecule has 0 bridgehead atoms. The fraction of sp³-hybridized carbons (Fsp3) is 0.400. The summed E-state index contributed by atoms with van der Waals surface area (Å²) in [4.78, 5) is 11.8. The third kappa shape index (κ3) is 2.57. The van der Waals surface area contributed by atoms with E-state index in [2.05, 4.69) is 9.88 Å². The Morgan fingerprint density at radius 2 is 2.11 bits per heavy atom. The van der Waals surface area contributed by atoms with E-state index in [0.717, 1.165) is 42.3 Å². The van der Waals surface area contributed by atoms with Crippen LogP contribution in [-0.4, -0.2) is 16.8 Å². The smallest absolute Gasteiger partial charge is 0.411 e. The number of fused-ring (bicyclic) bond motifs is 1. The summed E-state index contributed by atoms with van der Waals surface area (Å²) in [6.07, 6.45) is 6.06. The van der Waals surface area contributed by atoms with Gasteiger partial charge in [0.05, 0.1) is 0 Å². The zero-order valence-corrected chi connectivity index (χ0v) is 11.1. The molecule has 4 nitrogen and oxygen atoms in total. The van der Waals surface area contributed by atoms with Gasteiger partial charge in [0.25, 0.3) is 0 Å². The molecule has 3 rings (SSSR count). The maximum atomic E-state index is 11.8. The Morgan fingerprint density at radius 3 is 2.89 bits per heavy atom. The number of aromatic nitrogens is 1. The number of amides is 1. The first-order chi connectivity index (χ1) is 9.22. The summed E-state index contributed by atoms with van der Waals surface area (Å²) in [6.45, 7) is 0. The van der Waals surface area contributed by atoms with E-state index in [1.165, 1.54) is 0 Å². The Kier molecular flexibility index (Phi) is 3.15. The molecular formula is C15H18N2O2. The lowest BCUT2D eigenvalue weighted by Gasteiger charge is -2.12. The number of benzene rings is 1. The van der Waals surface area contributed by atoms with E-state index in [-0.39, 0.29) is 12.2 Å². The maximum Gasteiger partial charge on any atom is 0.411 e. The molecule has 0 aliphatic heterocycles. The van der Waals surface area contributed by atoms with Crippen LogP contribution in [0.2, 0.25) is 0 Å². The fourth-order valence-electron chi connectivity index (χ4n) is 2.66. The molecule has 1 fully saturated rings. The Bertz CT molecular complexity index is 597. The number of nitrogens with one attached hydrogen (secondary N) is 1. The largest absolute Gasteiger partial charge is 0.446 e. The highest BCUT2D eigenvalue weighted by atomic mass is 16.6. The molecule has 1 aromatic heterocycles. The molecule has 0 spiro atoms. The van der Waals surface area contributed by atoms with E-state index in [1.54, 1.807) is 0 Å². The predicted molar refractivity (Wildman–Crippen MR) is 75.3 cm³/mol. The van der Waals surface area contributed by atoms with E-state index in [1.807, 2.05) is 37.5 Å². The number of hydrogen-bond acceptors (Lipinski definition) is 2. The average molecular weight is 258 g/mol. The van der Waals surface area contributed by atoms with Gasteiger partial charge in [-0.1, -0.05) is 0 Å². The number of anilines is 1. The number of nitrogens with zero attached hydrogens (tertiary/aromatic N) is 1. The molecule has 0 saturated heterocycles. The first kappa shape index (κ1) is 12.1. The van der Waals surface area contributed by atoms with Crippen molar-refractivity contribution < 1.29 is 9.53 Å². The lowest BCUT2D eigenvalue weighted by Crippen LogP contribution is -2.20. The zero-order chi connectivity index (χ0) is 13.2. The molecule has 0 atom stereocenters. The molecular weight excluding hydrogens is 240 g/mol. The summed E-state index contributed by atoms with van der Waals surface area (Å²) in [7, 11) is 2.00. The van der Waals surface area contributed by atoms with Gasteiger partial charge in [-0.15, -0.1) is 0 Å². The quantitative estimate of drug-likeness (QED) is 0.893. The first-order valence-corrected chi connectivity index (χ1v) is 6.75. The van der Waals surface area contributed by atoms with Crippen molar-refractivity contribution in [1.82, 2.24) is 4.57 Å². The predicted octanol–water partition coefficient (Wildman–Crippen LogP) is 3.67. The number of rotatable bonds is 2. The van der Waals surface area contributed by atoms with Crippen LogP contribution in [0, 0.1) is 0 Å². The van der Waals surface area contributed by atoms with Crippen molar-refractivity contribution in [3.63, 3.8) is 0 Å². The number of aryl methyl sites for hydroxylation is 1. The van der Waals surface area contributed by atoms with Gasteiger partial charge in [-0.25, -0.2) is 4.79 Å². The molecule has 1 aliphatic rings. The van der Waals surface area contributed by atoms with E-state index in [4.69, 9.17) is 4.74 Å². The van der Waals surface area contributed by atoms with Gasteiger partial charge in [-0.2, -0.15) is 0 Å². The molecule has 1 aliphatic carbocycles. The SMILES string of the molecule is Cn1ccc2cc(NC(=O)OC3CCCC3)ccc21. The van der Waals surface area contributed by atoms with Gasteiger partial charge in [0, 0.05) is 29.8 Å². The summed E-state index contributed by atoms with van der Waals surface area (Å²) in [5.41, 5.74) is 1.93.